The normalized spacial score (nSPS) is 14.5. The standard InChI is InChI=1S/C13H15BrO3/c1-3-17-12-10(13(15)16-2)7-6-9(11(12)14)8-4-5-8/h6-8H,3-5H2,1-2H3. The average molecular weight is 299 g/mol. The van der Waals surface area contributed by atoms with Crippen molar-refractivity contribution in [3.05, 3.63) is 27.7 Å². The first-order valence-corrected chi connectivity index (χ1v) is 6.51. The molecule has 0 saturated heterocycles. The van der Waals surface area contributed by atoms with E-state index in [4.69, 9.17) is 9.47 Å². The van der Waals surface area contributed by atoms with Crippen LogP contribution in [0.3, 0.4) is 0 Å². The van der Waals surface area contributed by atoms with Crippen LogP contribution in [0.15, 0.2) is 16.6 Å². The van der Waals surface area contributed by atoms with Gasteiger partial charge in [-0.3, -0.25) is 0 Å². The van der Waals surface area contributed by atoms with Crippen LogP contribution in [0.25, 0.3) is 0 Å². The molecule has 1 aromatic carbocycles. The monoisotopic (exact) mass is 298 g/mol. The van der Waals surface area contributed by atoms with Crippen LogP contribution in [0.2, 0.25) is 0 Å². The Morgan fingerprint density at radius 3 is 2.71 bits per heavy atom. The highest BCUT2D eigenvalue weighted by molar-refractivity contribution is 9.10. The molecule has 0 aliphatic heterocycles. The third-order valence-corrected chi connectivity index (χ3v) is 3.66. The van der Waals surface area contributed by atoms with Gasteiger partial charge in [-0.05, 0) is 53.2 Å². The summed E-state index contributed by atoms with van der Waals surface area (Å²) in [6.45, 7) is 2.42. The first-order chi connectivity index (χ1) is 8.19. The molecule has 1 aromatic rings. The molecule has 1 fully saturated rings. The first-order valence-electron chi connectivity index (χ1n) is 5.72. The lowest BCUT2D eigenvalue weighted by atomic mass is 10.1. The minimum Gasteiger partial charge on any atom is -0.492 e. The van der Waals surface area contributed by atoms with E-state index in [-0.39, 0.29) is 5.97 Å². The van der Waals surface area contributed by atoms with Gasteiger partial charge in [0, 0.05) is 0 Å². The SMILES string of the molecule is CCOc1c(C(=O)OC)ccc(C2CC2)c1Br. The molecule has 0 radical (unpaired) electrons. The zero-order chi connectivity index (χ0) is 12.4. The zero-order valence-corrected chi connectivity index (χ0v) is 11.5. The number of benzene rings is 1. The third-order valence-electron chi connectivity index (χ3n) is 2.84. The van der Waals surface area contributed by atoms with Crippen molar-refractivity contribution in [1.29, 1.82) is 0 Å². The van der Waals surface area contributed by atoms with Crippen molar-refractivity contribution in [2.75, 3.05) is 13.7 Å². The second kappa shape index (κ2) is 5.08. The van der Waals surface area contributed by atoms with Crippen molar-refractivity contribution < 1.29 is 14.3 Å². The van der Waals surface area contributed by atoms with Gasteiger partial charge in [0.05, 0.1) is 18.2 Å². The lowest BCUT2D eigenvalue weighted by Crippen LogP contribution is -2.07. The summed E-state index contributed by atoms with van der Waals surface area (Å²) in [6.07, 6.45) is 2.42. The molecule has 0 unspecified atom stereocenters. The second-order valence-electron chi connectivity index (χ2n) is 4.04. The number of rotatable bonds is 4. The zero-order valence-electron chi connectivity index (χ0n) is 9.96. The van der Waals surface area contributed by atoms with Gasteiger partial charge in [0.15, 0.2) is 0 Å². The Morgan fingerprint density at radius 1 is 1.47 bits per heavy atom. The average Bonchev–Trinajstić information content (AvgIpc) is 3.15. The molecule has 0 heterocycles. The van der Waals surface area contributed by atoms with Crippen molar-refractivity contribution in [2.24, 2.45) is 0 Å². The van der Waals surface area contributed by atoms with E-state index in [9.17, 15) is 4.79 Å². The summed E-state index contributed by atoms with van der Waals surface area (Å²) >= 11 is 3.54. The molecule has 0 bridgehead atoms. The summed E-state index contributed by atoms with van der Waals surface area (Å²) in [4.78, 5) is 11.6. The van der Waals surface area contributed by atoms with Crippen molar-refractivity contribution >= 4 is 21.9 Å². The summed E-state index contributed by atoms with van der Waals surface area (Å²) in [7, 11) is 1.38. The van der Waals surface area contributed by atoms with Gasteiger partial charge in [0.1, 0.15) is 11.3 Å². The number of hydrogen-bond donors (Lipinski definition) is 0. The van der Waals surface area contributed by atoms with E-state index in [2.05, 4.69) is 15.9 Å². The molecule has 1 aliphatic rings. The summed E-state index contributed by atoms with van der Waals surface area (Å²) in [5.74, 6) is 0.843. The summed E-state index contributed by atoms with van der Waals surface area (Å²) in [6, 6.07) is 3.77. The first kappa shape index (κ1) is 12.4. The van der Waals surface area contributed by atoms with Gasteiger partial charge in [-0.25, -0.2) is 4.79 Å². The van der Waals surface area contributed by atoms with E-state index >= 15 is 0 Å². The maximum absolute atomic E-state index is 11.6. The van der Waals surface area contributed by atoms with Crippen LogP contribution in [-0.4, -0.2) is 19.7 Å². The van der Waals surface area contributed by atoms with E-state index in [1.807, 2.05) is 13.0 Å². The van der Waals surface area contributed by atoms with Gasteiger partial charge < -0.3 is 9.47 Å². The Kier molecular flexibility index (Phi) is 3.72. The Hall–Kier alpha value is -1.03. The maximum atomic E-state index is 11.6. The summed E-state index contributed by atoms with van der Waals surface area (Å²) in [5, 5.41) is 0. The predicted octanol–water partition coefficient (Wildman–Crippen LogP) is 3.51. The van der Waals surface area contributed by atoms with Gasteiger partial charge in [0.25, 0.3) is 0 Å². The molecule has 92 valence electrons. The van der Waals surface area contributed by atoms with Gasteiger partial charge >= 0.3 is 5.97 Å². The molecule has 0 spiro atoms. The number of carbonyl (C=O) groups is 1. The van der Waals surface area contributed by atoms with Gasteiger partial charge in [0.2, 0.25) is 0 Å². The molecule has 2 rings (SSSR count). The molecule has 3 nitrogen and oxygen atoms in total. The minimum atomic E-state index is -0.364. The predicted molar refractivity (Wildman–Crippen MR) is 68.6 cm³/mol. The quantitative estimate of drug-likeness (QED) is 0.798. The number of ether oxygens (including phenoxy) is 2. The summed E-state index contributed by atoms with van der Waals surface area (Å²) in [5.41, 5.74) is 1.70. The summed E-state index contributed by atoms with van der Waals surface area (Å²) < 4.78 is 11.2. The van der Waals surface area contributed by atoms with E-state index < -0.39 is 0 Å². The fraction of sp³-hybridized carbons (Fsp3) is 0.462. The topological polar surface area (TPSA) is 35.5 Å². The molecule has 0 atom stereocenters. The molecule has 1 aliphatic carbocycles. The highest BCUT2D eigenvalue weighted by Crippen LogP contribution is 2.46. The highest BCUT2D eigenvalue weighted by Gasteiger charge is 2.29. The number of halogens is 1. The number of methoxy groups -OCH3 is 1. The Morgan fingerprint density at radius 2 is 2.18 bits per heavy atom. The van der Waals surface area contributed by atoms with Gasteiger partial charge in [-0.2, -0.15) is 0 Å². The van der Waals surface area contributed by atoms with Crippen molar-refractivity contribution in [2.45, 2.75) is 25.7 Å². The van der Waals surface area contributed by atoms with Crippen molar-refractivity contribution in [3.63, 3.8) is 0 Å². The molecule has 0 aromatic heterocycles. The van der Waals surface area contributed by atoms with Crippen molar-refractivity contribution in [3.8, 4) is 5.75 Å². The lowest BCUT2D eigenvalue weighted by molar-refractivity contribution is 0.0596. The van der Waals surface area contributed by atoms with Crippen LogP contribution in [0.5, 0.6) is 5.75 Å². The maximum Gasteiger partial charge on any atom is 0.341 e. The molecule has 0 amide bonds. The smallest absolute Gasteiger partial charge is 0.341 e. The van der Waals surface area contributed by atoms with Crippen LogP contribution in [0.4, 0.5) is 0 Å². The molecule has 0 N–H and O–H groups in total. The molecular formula is C13H15BrO3. The number of esters is 1. The Bertz CT molecular complexity index is 439. The Balaban J connectivity index is 2.45. The van der Waals surface area contributed by atoms with Crippen LogP contribution < -0.4 is 4.74 Å². The fourth-order valence-corrected chi connectivity index (χ4v) is 2.62. The van der Waals surface area contributed by atoms with Crippen LogP contribution in [0, 0.1) is 0 Å². The number of hydrogen-bond acceptors (Lipinski definition) is 3. The van der Waals surface area contributed by atoms with Crippen LogP contribution in [-0.2, 0) is 4.74 Å². The van der Waals surface area contributed by atoms with Crippen LogP contribution >= 0.6 is 15.9 Å². The second-order valence-corrected chi connectivity index (χ2v) is 4.84. The lowest BCUT2D eigenvalue weighted by Gasteiger charge is -2.13. The minimum absolute atomic E-state index is 0.364. The van der Waals surface area contributed by atoms with E-state index in [0.717, 1.165) is 4.47 Å². The fourth-order valence-electron chi connectivity index (χ4n) is 1.84. The van der Waals surface area contributed by atoms with Crippen LogP contribution in [0.1, 0.15) is 41.6 Å². The molecule has 1 saturated carbocycles. The van der Waals surface area contributed by atoms with Gasteiger partial charge in [-0.15, -0.1) is 0 Å². The molecule has 17 heavy (non-hydrogen) atoms. The largest absolute Gasteiger partial charge is 0.492 e. The third kappa shape index (κ3) is 2.46. The highest BCUT2D eigenvalue weighted by atomic mass is 79.9. The molecular weight excluding hydrogens is 284 g/mol. The van der Waals surface area contributed by atoms with Crippen molar-refractivity contribution in [1.82, 2.24) is 0 Å². The Labute approximate surface area is 109 Å². The van der Waals surface area contributed by atoms with E-state index in [1.54, 1.807) is 6.07 Å². The molecule has 4 heteroatoms. The van der Waals surface area contributed by atoms with Gasteiger partial charge in [-0.1, -0.05) is 6.07 Å². The number of carbonyl (C=O) groups excluding carboxylic acids is 1. The van der Waals surface area contributed by atoms with E-state index in [1.165, 1.54) is 25.5 Å². The van der Waals surface area contributed by atoms with E-state index in [0.29, 0.717) is 23.8 Å².